The Bertz CT molecular complexity index is 892. The first-order chi connectivity index (χ1) is 12.6. The normalized spacial score (nSPS) is 14.7. The molecule has 2 aromatic heterocycles. The van der Waals surface area contributed by atoms with E-state index in [4.69, 9.17) is 14.4 Å². The lowest BCUT2D eigenvalue weighted by molar-refractivity contribution is -0.402. The van der Waals surface area contributed by atoms with Crippen LogP contribution in [0.4, 0.5) is 16.1 Å². The Morgan fingerprint density at radius 2 is 2.19 bits per heavy atom. The number of nitro groups is 1. The summed E-state index contributed by atoms with van der Waals surface area (Å²) < 4.78 is 10.2. The molecule has 3 heterocycles. The number of anilines is 2. The average Bonchev–Trinajstić information content (AvgIpc) is 3.30. The summed E-state index contributed by atoms with van der Waals surface area (Å²) in [6.45, 7) is 2.56. The molecule has 26 heavy (non-hydrogen) atoms. The highest BCUT2D eigenvalue weighted by molar-refractivity contribution is 7.19. The molecule has 2 aromatic rings. The number of nitriles is 1. The van der Waals surface area contributed by atoms with E-state index in [0.717, 1.165) is 12.1 Å². The molecular weight excluding hydrogens is 364 g/mol. The molecule has 0 atom stereocenters. The van der Waals surface area contributed by atoms with Crippen LogP contribution in [0.3, 0.4) is 0 Å². The van der Waals surface area contributed by atoms with Gasteiger partial charge in [-0.3, -0.25) is 20.2 Å². The van der Waals surface area contributed by atoms with E-state index in [9.17, 15) is 14.9 Å². The van der Waals surface area contributed by atoms with Crippen LogP contribution in [0.15, 0.2) is 22.1 Å². The quantitative estimate of drug-likeness (QED) is 0.354. The van der Waals surface area contributed by atoms with E-state index in [2.05, 4.69) is 15.5 Å². The minimum atomic E-state index is -0.712. The Kier molecular flexibility index (Phi) is 5.20. The fourth-order valence-electron chi connectivity index (χ4n) is 2.12. The van der Waals surface area contributed by atoms with Crippen molar-refractivity contribution in [3.63, 3.8) is 0 Å². The molecule has 0 unspecified atom stereocenters. The lowest BCUT2D eigenvalue weighted by atomic mass is 10.2. The molecule has 0 aliphatic carbocycles. The molecule has 0 spiro atoms. The van der Waals surface area contributed by atoms with Gasteiger partial charge in [-0.25, -0.2) is 0 Å². The van der Waals surface area contributed by atoms with Gasteiger partial charge in [0.1, 0.15) is 22.3 Å². The largest absolute Gasteiger partial charge is 0.433 e. The minimum absolute atomic E-state index is 0.0228. The van der Waals surface area contributed by atoms with E-state index in [0.29, 0.717) is 31.4 Å². The zero-order chi connectivity index (χ0) is 18.5. The summed E-state index contributed by atoms with van der Waals surface area (Å²) in [5.41, 5.74) is -0.280. The van der Waals surface area contributed by atoms with Gasteiger partial charge in [0.25, 0.3) is 5.91 Å². The maximum atomic E-state index is 12.2. The van der Waals surface area contributed by atoms with Gasteiger partial charge in [-0.05, 0) is 6.07 Å². The number of amides is 1. The topological polar surface area (TPSA) is 147 Å². The zero-order valence-electron chi connectivity index (χ0n) is 13.2. The fraction of sp³-hybridized carbons (Fsp3) is 0.286. The highest BCUT2D eigenvalue weighted by Gasteiger charge is 2.19. The van der Waals surface area contributed by atoms with Crippen molar-refractivity contribution >= 4 is 39.5 Å². The Balaban J connectivity index is 1.69. The smallest absolute Gasteiger partial charge is 0.401 e. The van der Waals surface area contributed by atoms with E-state index in [1.807, 2.05) is 4.90 Å². The molecule has 0 aromatic carbocycles. The van der Waals surface area contributed by atoms with E-state index in [1.54, 1.807) is 6.07 Å². The van der Waals surface area contributed by atoms with Crippen LogP contribution in [0.1, 0.15) is 5.76 Å². The number of nitrogens with zero attached hydrogens (tertiary/aromatic N) is 5. The number of hydrogen-bond acceptors (Lipinski definition) is 10. The van der Waals surface area contributed by atoms with Gasteiger partial charge in [0.05, 0.1) is 19.3 Å². The monoisotopic (exact) mass is 376 g/mol. The number of morpholine rings is 1. The van der Waals surface area contributed by atoms with Gasteiger partial charge in [-0.1, -0.05) is 11.3 Å². The maximum Gasteiger partial charge on any atom is 0.433 e. The van der Waals surface area contributed by atoms with Gasteiger partial charge in [-0.2, -0.15) is 5.26 Å². The first-order valence-electron chi connectivity index (χ1n) is 7.40. The number of ether oxygens (including phenoxy) is 1. The molecule has 1 amide bonds. The summed E-state index contributed by atoms with van der Waals surface area (Å²) >= 11 is 1.18. The van der Waals surface area contributed by atoms with E-state index < -0.39 is 16.7 Å². The molecule has 3 rings (SSSR count). The average molecular weight is 376 g/mol. The number of nitrogens with one attached hydrogen (secondary N) is 1. The Morgan fingerprint density at radius 1 is 1.42 bits per heavy atom. The van der Waals surface area contributed by atoms with Crippen LogP contribution in [-0.4, -0.2) is 47.3 Å². The van der Waals surface area contributed by atoms with Crippen molar-refractivity contribution in [1.29, 1.82) is 5.26 Å². The predicted molar refractivity (Wildman–Crippen MR) is 90.5 cm³/mol. The third kappa shape index (κ3) is 4.02. The molecule has 1 fully saturated rings. The highest BCUT2D eigenvalue weighted by atomic mass is 32.1. The van der Waals surface area contributed by atoms with Crippen LogP contribution in [0.5, 0.6) is 0 Å². The molecule has 134 valence electrons. The van der Waals surface area contributed by atoms with E-state index >= 15 is 0 Å². The summed E-state index contributed by atoms with van der Waals surface area (Å²) in [6, 6.07) is 4.16. The number of hydrogen-bond donors (Lipinski definition) is 1. The molecule has 0 saturated carbocycles. The zero-order valence-corrected chi connectivity index (χ0v) is 14.1. The molecule has 1 N–H and O–H groups in total. The minimum Gasteiger partial charge on any atom is -0.401 e. The van der Waals surface area contributed by atoms with Crippen LogP contribution in [0.25, 0.3) is 6.08 Å². The molecule has 12 heteroatoms. The molecule has 0 bridgehead atoms. The van der Waals surface area contributed by atoms with Crippen molar-refractivity contribution in [3.8, 4) is 6.07 Å². The van der Waals surface area contributed by atoms with E-state index in [-0.39, 0.29) is 16.5 Å². The Morgan fingerprint density at radius 3 is 2.85 bits per heavy atom. The Labute approximate surface area is 150 Å². The summed E-state index contributed by atoms with van der Waals surface area (Å²) in [6.07, 6.45) is 1.12. The summed E-state index contributed by atoms with van der Waals surface area (Å²) in [7, 11) is 0. The van der Waals surface area contributed by atoms with Crippen LogP contribution in [0.2, 0.25) is 0 Å². The second kappa shape index (κ2) is 7.72. The molecule has 1 aliphatic rings. The van der Waals surface area contributed by atoms with Crippen molar-refractivity contribution in [1.82, 2.24) is 10.2 Å². The van der Waals surface area contributed by atoms with Crippen molar-refractivity contribution in [2.24, 2.45) is 0 Å². The SMILES string of the molecule is N#C/C(=C/c1ccc([N+](=O)[O-])o1)C(=O)Nc1nnc(N2CCOCC2)s1. The van der Waals surface area contributed by atoms with Crippen LogP contribution >= 0.6 is 11.3 Å². The lowest BCUT2D eigenvalue weighted by Gasteiger charge is -2.25. The number of aromatic nitrogens is 2. The fourth-order valence-corrected chi connectivity index (χ4v) is 2.91. The van der Waals surface area contributed by atoms with Crippen molar-refractivity contribution in [2.45, 2.75) is 0 Å². The van der Waals surface area contributed by atoms with Gasteiger partial charge in [0, 0.05) is 19.2 Å². The number of carbonyl (C=O) groups is 1. The molecule has 1 saturated heterocycles. The Hall–Kier alpha value is -3.30. The highest BCUT2D eigenvalue weighted by Crippen LogP contribution is 2.25. The van der Waals surface area contributed by atoms with Gasteiger partial charge < -0.3 is 14.1 Å². The predicted octanol–water partition coefficient (Wildman–Crippen LogP) is 1.42. The van der Waals surface area contributed by atoms with Crippen LogP contribution in [-0.2, 0) is 9.53 Å². The molecule has 0 radical (unpaired) electrons. The van der Waals surface area contributed by atoms with Gasteiger partial charge in [-0.15, -0.1) is 10.2 Å². The maximum absolute atomic E-state index is 12.2. The first-order valence-corrected chi connectivity index (χ1v) is 8.22. The summed E-state index contributed by atoms with van der Waals surface area (Å²) in [5, 5.41) is 31.0. The van der Waals surface area contributed by atoms with Crippen molar-refractivity contribution in [3.05, 3.63) is 33.6 Å². The van der Waals surface area contributed by atoms with Crippen molar-refractivity contribution in [2.75, 3.05) is 36.5 Å². The lowest BCUT2D eigenvalue weighted by Crippen LogP contribution is -2.36. The third-order valence-corrected chi connectivity index (χ3v) is 4.26. The van der Waals surface area contributed by atoms with Crippen LogP contribution < -0.4 is 10.2 Å². The molecule has 1 aliphatic heterocycles. The standard InChI is InChI=1S/C14H12N6O5S/c15-8-9(7-10-1-2-11(25-10)20(22)23)12(21)16-13-17-18-14(26-13)19-3-5-24-6-4-19/h1-2,7H,3-6H2,(H,16,17,21)/b9-7-. The van der Waals surface area contributed by atoms with Gasteiger partial charge >= 0.3 is 5.88 Å². The number of rotatable bonds is 5. The number of furan rings is 1. The van der Waals surface area contributed by atoms with Crippen LogP contribution in [0, 0.1) is 21.4 Å². The van der Waals surface area contributed by atoms with Gasteiger partial charge in [0.2, 0.25) is 10.3 Å². The summed E-state index contributed by atoms with van der Waals surface area (Å²) in [5.74, 6) is -1.17. The second-order valence-corrected chi connectivity index (χ2v) is 6.00. The second-order valence-electron chi connectivity index (χ2n) is 5.05. The molecule has 11 nitrogen and oxygen atoms in total. The number of carbonyl (C=O) groups excluding carboxylic acids is 1. The summed E-state index contributed by atoms with van der Waals surface area (Å²) in [4.78, 5) is 24.1. The van der Waals surface area contributed by atoms with Gasteiger partial charge in [0.15, 0.2) is 0 Å². The third-order valence-electron chi connectivity index (χ3n) is 3.36. The first kappa shape index (κ1) is 17.5. The molecular formula is C14H12N6O5S. The van der Waals surface area contributed by atoms with E-state index in [1.165, 1.54) is 17.4 Å². The van der Waals surface area contributed by atoms with Crippen molar-refractivity contribution < 1.29 is 18.9 Å².